The molecule has 0 saturated heterocycles. The van der Waals surface area contributed by atoms with E-state index in [1.807, 2.05) is 12.1 Å². The second-order valence-electron chi connectivity index (χ2n) is 4.56. The van der Waals surface area contributed by atoms with Crippen molar-refractivity contribution in [1.29, 1.82) is 0 Å². The smallest absolute Gasteiger partial charge is 0.124 e. The van der Waals surface area contributed by atoms with Gasteiger partial charge in [0.2, 0.25) is 0 Å². The number of allylic oxidation sites excluding steroid dienone is 4. The largest absolute Gasteiger partial charge is 0.303 e. The Kier molecular flexibility index (Phi) is 6.78. The van der Waals surface area contributed by atoms with Gasteiger partial charge in [-0.25, -0.2) is 0 Å². The summed E-state index contributed by atoms with van der Waals surface area (Å²) in [6, 6.07) is 10.5. The summed E-state index contributed by atoms with van der Waals surface area (Å²) >= 11 is 0. The van der Waals surface area contributed by atoms with E-state index in [4.69, 9.17) is 0 Å². The first-order valence-electron chi connectivity index (χ1n) is 6.61. The van der Waals surface area contributed by atoms with E-state index in [9.17, 15) is 4.79 Å². The lowest BCUT2D eigenvalue weighted by molar-refractivity contribution is -0.107. The summed E-state index contributed by atoms with van der Waals surface area (Å²) in [6.07, 6.45) is 10.1. The molecule has 1 aromatic carbocycles. The van der Waals surface area contributed by atoms with Crippen LogP contribution < -0.4 is 0 Å². The number of carbonyl (C=O) groups excluding carboxylic acids is 1. The Balaban J connectivity index is 0.000000184. The minimum Gasteiger partial charge on any atom is -0.303 e. The summed E-state index contributed by atoms with van der Waals surface area (Å²) in [7, 11) is 0. The molecule has 96 valence electrons. The highest BCUT2D eigenvalue weighted by molar-refractivity contribution is 5.56. The molecule has 1 atom stereocenters. The Morgan fingerprint density at radius 3 is 2.44 bits per heavy atom. The zero-order chi connectivity index (χ0) is 13.2. The van der Waals surface area contributed by atoms with Crippen molar-refractivity contribution in [2.24, 2.45) is 5.92 Å². The van der Waals surface area contributed by atoms with E-state index in [1.54, 1.807) is 0 Å². The molecular formula is C17H22O. The monoisotopic (exact) mass is 242 g/mol. The number of rotatable bonds is 3. The van der Waals surface area contributed by atoms with E-state index in [0.29, 0.717) is 12.3 Å². The molecule has 1 aliphatic rings. The number of aldehydes is 1. The number of carbonyl (C=O) groups is 1. The van der Waals surface area contributed by atoms with Crippen LogP contribution in [0.15, 0.2) is 54.1 Å². The summed E-state index contributed by atoms with van der Waals surface area (Å²) < 4.78 is 0. The van der Waals surface area contributed by atoms with E-state index in [1.165, 1.54) is 5.56 Å². The van der Waals surface area contributed by atoms with Gasteiger partial charge in [0.1, 0.15) is 6.29 Å². The fourth-order valence-corrected chi connectivity index (χ4v) is 1.73. The highest BCUT2D eigenvalue weighted by atomic mass is 16.1. The van der Waals surface area contributed by atoms with Crippen molar-refractivity contribution in [2.45, 2.75) is 33.1 Å². The van der Waals surface area contributed by atoms with E-state index in [0.717, 1.165) is 24.7 Å². The highest BCUT2D eigenvalue weighted by Crippen LogP contribution is 2.16. The third-order valence-corrected chi connectivity index (χ3v) is 2.96. The van der Waals surface area contributed by atoms with Crippen molar-refractivity contribution in [2.75, 3.05) is 0 Å². The molecular weight excluding hydrogens is 220 g/mol. The van der Waals surface area contributed by atoms with Crippen molar-refractivity contribution in [1.82, 2.24) is 0 Å². The van der Waals surface area contributed by atoms with Gasteiger partial charge in [0.15, 0.2) is 0 Å². The number of hydrogen-bond donors (Lipinski definition) is 0. The lowest BCUT2D eigenvalue weighted by Gasteiger charge is -2.08. The molecule has 0 fully saturated rings. The first kappa shape index (κ1) is 14.4. The zero-order valence-electron chi connectivity index (χ0n) is 11.3. The summed E-state index contributed by atoms with van der Waals surface area (Å²) in [5.41, 5.74) is 2.57. The van der Waals surface area contributed by atoms with Gasteiger partial charge in [0.25, 0.3) is 0 Å². The lowest BCUT2D eigenvalue weighted by Crippen LogP contribution is -1.94. The van der Waals surface area contributed by atoms with Gasteiger partial charge >= 0.3 is 0 Å². The molecule has 0 heterocycles. The molecule has 0 radical (unpaired) electrons. The molecule has 0 aromatic heterocycles. The van der Waals surface area contributed by atoms with Crippen LogP contribution in [-0.2, 0) is 11.2 Å². The predicted octanol–water partition coefficient (Wildman–Crippen LogP) is 4.35. The fourth-order valence-electron chi connectivity index (χ4n) is 1.73. The SMILES string of the molecule is CC1C=CC(CC=O)=CC1.CCc1ccccc1. The molecule has 0 aliphatic heterocycles. The maximum atomic E-state index is 10.1. The molecule has 0 amide bonds. The molecule has 1 heteroatoms. The number of aryl methyl sites for hydroxylation is 1. The van der Waals surface area contributed by atoms with Crippen LogP contribution in [0.25, 0.3) is 0 Å². The number of hydrogen-bond acceptors (Lipinski definition) is 1. The minimum atomic E-state index is 0.573. The molecule has 2 rings (SSSR count). The maximum absolute atomic E-state index is 10.1. The average Bonchev–Trinajstić information content (AvgIpc) is 2.43. The van der Waals surface area contributed by atoms with Crippen LogP contribution in [0, 0.1) is 5.92 Å². The Morgan fingerprint density at radius 1 is 1.28 bits per heavy atom. The predicted molar refractivity (Wildman–Crippen MR) is 77.5 cm³/mol. The van der Waals surface area contributed by atoms with Gasteiger partial charge in [-0.2, -0.15) is 0 Å². The van der Waals surface area contributed by atoms with Crippen LogP contribution >= 0.6 is 0 Å². The van der Waals surface area contributed by atoms with E-state index in [-0.39, 0.29) is 0 Å². The van der Waals surface area contributed by atoms with Gasteiger partial charge in [0, 0.05) is 6.42 Å². The van der Waals surface area contributed by atoms with Crippen LogP contribution in [0.1, 0.15) is 32.3 Å². The molecule has 1 nitrogen and oxygen atoms in total. The molecule has 18 heavy (non-hydrogen) atoms. The van der Waals surface area contributed by atoms with Crippen LogP contribution in [0.5, 0.6) is 0 Å². The van der Waals surface area contributed by atoms with Gasteiger partial charge in [-0.05, 0) is 29.9 Å². The van der Waals surface area contributed by atoms with Crippen molar-refractivity contribution in [3.05, 3.63) is 59.7 Å². The Hall–Kier alpha value is -1.63. The summed E-state index contributed by atoms with van der Waals surface area (Å²) in [5, 5.41) is 0. The van der Waals surface area contributed by atoms with Crippen LogP contribution in [0.4, 0.5) is 0 Å². The van der Waals surface area contributed by atoms with Crippen molar-refractivity contribution >= 4 is 6.29 Å². The fraction of sp³-hybridized carbons (Fsp3) is 0.353. The van der Waals surface area contributed by atoms with E-state index in [2.05, 4.69) is 50.3 Å². The van der Waals surface area contributed by atoms with Gasteiger partial charge in [-0.15, -0.1) is 0 Å². The van der Waals surface area contributed by atoms with Gasteiger partial charge in [0.05, 0.1) is 0 Å². The average molecular weight is 242 g/mol. The molecule has 0 saturated carbocycles. The van der Waals surface area contributed by atoms with Crippen LogP contribution in [0.2, 0.25) is 0 Å². The summed E-state index contributed by atoms with van der Waals surface area (Å²) in [6.45, 7) is 4.33. The quantitative estimate of drug-likeness (QED) is 0.720. The van der Waals surface area contributed by atoms with Crippen molar-refractivity contribution in [3.8, 4) is 0 Å². The Labute approximate surface area is 110 Å². The zero-order valence-corrected chi connectivity index (χ0v) is 11.3. The molecule has 1 aliphatic carbocycles. The normalized spacial score (nSPS) is 17.4. The molecule has 1 aromatic rings. The second kappa shape index (κ2) is 8.46. The van der Waals surface area contributed by atoms with Gasteiger partial charge in [-0.1, -0.05) is 62.4 Å². The minimum absolute atomic E-state index is 0.573. The first-order valence-corrected chi connectivity index (χ1v) is 6.61. The Bertz CT molecular complexity index is 401. The van der Waals surface area contributed by atoms with Crippen LogP contribution in [-0.4, -0.2) is 6.29 Å². The lowest BCUT2D eigenvalue weighted by atomic mass is 9.97. The summed E-state index contributed by atoms with van der Waals surface area (Å²) in [4.78, 5) is 10.1. The molecule has 1 unspecified atom stereocenters. The third-order valence-electron chi connectivity index (χ3n) is 2.96. The van der Waals surface area contributed by atoms with E-state index < -0.39 is 0 Å². The first-order chi connectivity index (χ1) is 8.76. The van der Waals surface area contributed by atoms with Crippen molar-refractivity contribution in [3.63, 3.8) is 0 Å². The second-order valence-corrected chi connectivity index (χ2v) is 4.56. The third kappa shape index (κ3) is 5.62. The highest BCUT2D eigenvalue weighted by Gasteiger charge is 2.01. The Morgan fingerprint density at radius 2 is 2.00 bits per heavy atom. The van der Waals surface area contributed by atoms with Crippen LogP contribution in [0.3, 0.4) is 0 Å². The van der Waals surface area contributed by atoms with Gasteiger partial charge < -0.3 is 4.79 Å². The van der Waals surface area contributed by atoms with E-state index >= 15 is 0 Å². The molecule has 0 bridgehead atoms. The topological polar surface area (TPSA) is 17.1 Å². The maximum Gasteiger partial charge on any atom is 0.124 e. The molecule has 0 N–H and O–H groups in total. The summed E-state index contributed by atoms with van der Waals surface area (Å²) in [5.74, 6) is 0.649. The van der Waals surface area contributed by atoms with Gasteiger partial charge in [-0.3, -0.25) is 0 Å². The number of benzene rings is 1. The molecule has 0 spiro atoms. The standard InChI is InChI=1S/C9H12O.C8H10/c1-8-2-4-9(5-3-8)6-7-10;1-2-8-6-4-3-5-7-8/h2,4-5,7-8H,3,6H2,1H3;3-7H,2H2,1H3. The van der Waals surface area contributed by atoms with Crippen molar-refractivity contribution < 1.29 is 4.79 Å².